The summed E-state index contributed by atoms with van der Waals surface area (Å²) >= 11 is 0. The zero-order chi connectivity index (χ0) is 20.3. The Morgan fingerprint density at radius 1 is 1.21 bits per heavy atom. The van der Waals surface area contributed by atoms with Gasteiger partial charge in [0.25, 0.3) is 5.91 Å². The first-order chi connectivity index (χ1) is 13.3. The molecule has 3 rings (SSSR count). The Morgan fingerprint density at radius 3 is 2.61 bits per heavy atom. The Labute approximate surface area is 163 Å². The van der Waals surface area contributed by atoms with E-state index < -0.39 is 5.97 Å². The predicted molar refractivity (Wildman–Crippen MR) is 103 cm³/mol. The van der Waals surface area contributed by atoms with Gasteiger partial charge in [-0.1, -0.05) is 17.2 Å². The molecule has 2 heterocycles. The Bertz CT molecular complexity index is 885. The quantitative estimate of drug-likeness (QED) is 0.821. The maximum atomic E-state index is 12.9. The second-order valence-corrected chi connectivity index (χ2v) is 7.25. The molecule has 1 aromatic heterocycles. The Hall–Kier alpha value is -3.16. The van der Waals surface area contributed by atoms with Crippen molar-refractivity contribution in [2.24, 2.45) is 5.92 Å². The van der Waals surface area contributed by atoms with E-state index in [2.05, 4.69) is 10.4 Å². The third-order valence-electron chi connectivity index (χ3n) is 4.74. The first-order valence-corrected chi connectivity index (χ1v) is 9.25. The molecule has 2 aromatic rings. The molecule has 1 saturated heterocycles. The number of amides is 2. The highest BCUT2D eigenvalue weighted by atomic mass is 16.4. The zero-order valence-corrected chi connectivity index (χ0v) is 16.0. The average molecular weight is 384 g/mol. The SMILES string of the molecule is Cc1cc(C)cc(C(=O)N2CCCC(C(=O)Nc3ccn(CC(=O)O)n3)C2)c1. The van der Waals surface area contributed by atoms with Gasteiger partial charge in [0.1, 0.15) is 6.54 Å². The van der Waals surface area contributed by atoms with Crippen molar-refractivity contribution in [1.82, 2.24) is 14.7 Å². The van der Waals surface area contributed by atoms with Crippen LogP contribution >= 0.6 is 0 Å². The first kappa shape index (κ1) is 19.6. The number of aromatic nitrogens is 2. The molecule has 1 aliphatic rings. The van der Waals surface area contributed by atoms with Gasteiger partial charge < -0.3 is 15.3 Å². The molecule has 1 atom stereocenters. The van der Waals surface area contributed by atoms with Crippen LogP contribution in [0.25, 0.3) is 0 Å². The molecule has 0 aliphatic carbocycles. The summed E-state index contributed by atoms with van der Waals surface area (Å²) in [4.78, 5) is 37.9. The van der Waals surface area contributed by atoms with Crippen LogP contribution < -0.4 is 5.32 Å². The number of carboxylic acid groups (broad SMARTS) is 1. The van der Waals surface area contributed by atoms with E-state index in [1.807, 2.05) is 32.0 Å². The molecular formula is C20H24N4O4. The van der Waals surface area contributed by atoms with Crippen molar-refractivity contribution in [3.05, 3.63) is 47.2 Å². The summed E-state index contributed by atoms with van der Waals surface area (Å²) in [6.07, 6.45) is 2.95. The fraction of sp³-hybridized carbons (Fsp3) is 0.400. The van der Waals surface area contributed by atoms with Gasteiger partial charge >= 0.3 is 5.97 Å². The lowest BCUT2D eigenvalue weighted by atomic mass is 9.96. The van der Waals surface area contributed by atoms with Crippen LogP contribution in [-0.2, 0) is 16.1 Å². The molecule has 8 nitrogen and oxygen atoms in total. The number of likely N-dealkylation sites (tertiary alicyclic amines) is 1. The molecular weight excluding hydrogens is 360 g/mol. The largest absolute Gasteiger partial charge is 0.480 e. The van der Waals surface area contributed by atoms with Gasteiger partial charge in [-0.15, -0.1) is 0 Å². The van der Waals surface area contributed by atoms with Crippen molar-refractivity contribution in [2.75, 3.05) is 18.4 Å². The van der Waals surface area contributed by atoms with Crippen LogP contribution in [0.15, 0.2) is 30.5 Å². The second kappa shape index (κ2) is 8.24. The number of aryl methyl sites for hydroxylation is 2. The van der Waals surface area contributed by atoms with Gasteiger partial charge in [0, 0.05) is 30.9 Å². The van der Waals surface area contributed by atoms with Crippen LogP contribution in [0.5, 0.6) is 0 Å². The maximum absolute atomic E-state index is 12.9. The van der Waals surface area contributed by atoms with Gasteiger partial charge in [0.15, 0.2) is 5.82 Å². The van der Waals surface area contributed by atoms with Crippen molar-refractivity contribution in [3.8, 4) is 0 Å². The summed E-state index contributed by atoms with van der Waals surface area (Å²) < 4.78 is 1.24. The van der Waals surface area contributed by atoms with Gasteiger partial charge in [0.2, 0.25) is 5.91 Å². The van der Waals surface area contributed by atoms with Crippen molar-refractivity contribution < 1.29 is 19.5 Å². The van der Waals surface area contributed by atoms with Gasteiger partial charge in [-0.05, 0) is 38.8 Å². The van der Waals surface area contributed by atoms with E-state index in [1.54, 1.807) is 11.0 Å². The monoisotopic (exact) mass is 384 g/mol. The van der Waals surface area contributed by atoms with E-state index in [9.17, 15) is 14.4 Å². The highest BCUT2D eigenvalue weighted by Gasteiger charge is 2.29. The molecule has 2 amide bonds. The molecule has 0 saturated carbocycles. The summed E-state index contributed by atoms with van der Waals surface area (Å²) in [5.74, 6) is -1.29. The van der Waals surface area contributed by atoms with Crippen molar-refractivity contribution in [3.63, 3.8) is 0 Å². The van der Waals surface area contributed by atoms with Crippen LogP contribution in [0.2, 0.25) is 0 Å². The van der Waals surface area contributed by atoms with Crippen molar-refractivity contribution in [1.29, 1.82) is 0 Å². The average Bonchev–Trinajstić information content (AvgIpc) is 3.06. The third kappa shape index (κ3) is 4.76. The van der Waals surface area contributed by atoms with Crippen LogP contribution in [-0.4, -0.2) is 50.7 Å². The predicted octanol–water partition coefficient (Wildman–Crippen LogP) is 2.08. The fourth-order valence-electron chi connectivity index (χ4n) is 3.54. The Morgan fingerprint density at radius 2 is 1.93 bits per heavy atom. The number of carbonyl (C=O) groups is 3. The molecule has 0 spiro atoms. The lowest BCUT2D eigenvalue weighted by Gasteiger charge is -2.32. The molecule has 1 unspecified atom stereocenters. The number of hydrogen-bond donors (Lipinski definition) is 2. The lowest BCUT2D eigenvalue weighted by Crippen LogP contribution is -2.43. The van der Waals surface area contributed by atoms with Crippen LogP contribution in [0.3, 0.4) is 0 Å². The summed E-state index contributed by atoms with van der Waals surface area (Å²) in [7, 11) is 0. The summed E-state index contributed by atoms with van der Waals surface area (Å²) in [6.45, 7) is 4.63. The molecule has 28 heavy (non-hydrogen) atoms. The van der Waals surface area contributed by atoms with Crippen LogP contribution in [0, 0.1) is 19.8 Å². The number of nitrogens with zero attached hydrogens (tertiary/aromatic N) is 3. The van der Waals surface area contributed by atoms with E-state index in [4.69, 9.17) is 5.11 Å². The van der Waals surface area contributed by atoms with E-state index in [0.29, 0.717) is 30.9 Å². The Balaban J connectivity index is 1.63. The second-order valence-electron chi connectivity index (χ2n) is 7.25. The minimum atomic E-state index is -1.01. The number of anilines is 1. The number of hydrogen-bond acceptors (Lipinski definition) is 4. The number of carbonyl (C=O) groups excluding carboxylic acids is 2. The molecule has 8 heteroatoms. The molecule has 148 valence electrons. The smallest absolute Gasteiger partial charge is 0.325 e. The van der Waals surface area contributed by atoms with Gasteiger partial charge in [-0.25, -0.2) is 0 Å². The number of carboxylic acids is 1. The van der Waals surface area contributed by atoms with E-state index in [1.165, 1.54) is 10.9 Å². The summed E-state index contributed by atoms with van der Waals surface area (Å²) in [5, 5.41) is 15.5. The van der Waals surface area contributed by atoms with Crippen molar-refractivity contribution >= 4 is 23.6 Å². The van der Waals surface area contributed by atoms with E-state index in [-0.39, 0.29) is 24.3 Å². The minimum Gasteiger partial charge on any atom is -0.480 e. The normalized spacial score (nSPS) is 16.6. The summed E-state index contributed by atoms with van der Waals surface area (Å²) in [6, 6.07) is 7.32. The van der Waals surface area contributed by atoms with E-state index in [0.717, 1.165) is 17.5 Å². The number of rotatable bonds is 5. The number of piperidine rings is 1. The molecule has 2 N–H and O–H groups in total. The van der Waals surface area contributed by atoms with Gasteiger partial charge in [0.05, 0.1) is 5.92 Å². The highest BCUT2D eigenvalue weighted by Crippen LogP contribution is 2.21. The standard InChI is InChI=1S/C20H24N4O4/c1-13-8-14(2)10-16(9-13)20(28)23-6-3-4-15(11-23)19(27)21-17-5-7-24(22-17)12-18(25)26/h5,7-10,15H,3-4,6,11-12H2,1-2H3,(H,25,26)(H,21,22,27). The maximum Gasteiger partial charge on any atom is 0.325 e. The molecule has 0 radical (unpaired) electrons. The summed E-state index contributed by atoms with van der Waals surface area (Å²) in [5.41, 5.74) is 2.71. The van der Waals surface area contributed by atoms with Gasteiger partial charge in [-0.3, -0.25) is 19.1 Å². The molecule has 1 aromatic carbocycles. The third-order valence-corrected chi connectivity index (χ3v) is 4.74. The lowest BCUT2D eigenvalue weighted by molar-refractivity contribution is -0.137. The zero-order valence-electron chi connectivity index (χ0n) is 16.0. The molecule has 1 fully saturated rings. The number of nitrogens with one attached hydrogen (secondary N) is 1. The first-order valence-electron chi connectivity index (χ1n) is 9.25. The Kier molecular flexibility index (Phi) is 5.77. The van der Waals surface area contributed by atoms with Crippen molar-refractivity contribution in [2.45, 2.75) is 33.2 Å². The van der Waals surface area contributed by atoms with Crippen LogP contribution in [0.4, 0.5) is 5.82 Å². The fourth-order valence-corrected chi connectivity index (χ4v) is 3.54. The van der Waals surface area contributed by atoms with E-state index >= 15 is 0 Å². The minimum absolute atomic E-state index is 0.0602. The molecule has 0 bridgehead atoms. The number of aliphatic carboxylic acids is 1. The topological polar surface area (TPSA) is 105 Å². The van der Waals surface area contributed by atoms with Crippen LogP contribution in [0.1, 0.15) is 34.3 Å². The van der Waals surface area contributed by atoms with Gasteiger partial charge in [-0.2, -0.15) is 5.10 Å². The highest BCUT2D eigenvalue weighted by molar-refractivity contribution is 5.96. The molecule has 1 aliphatic heterocycles. The number of benzene rings is 1.